The molecule has 0 aliphatic rings. The Labute approximate surface area is 93.1 Å². The van der Waals surface area contributed by atoms with Crippen LogP contribution < -0.4 is 20.0 Å². The number of carbonyl (C=O) groups is 2. The van der Waals surface area contributed by atoms with Crippen LogP contribution in [0.3, 0.4) is 0 Å². The van der Waals surface area contributed by atoms with Crippen LogP contribution in [-0.2, 0) is 48.3 Å². The number of carbonyl (C=O) groups excluding carboxylic acids is 2. The third-order valence-electron chi connectivity index (χ3n) is 0.167. The van der Waals surface area contributed by atoms with Gasteiger partial charge in [0.05, 0.1) is 19.8 Å². The van der Waals surface area contributed by atoms with Gasteiger partial charge in [0.15, 0.2) is 0 Å². The Kier molecular flexibility index (Phi) is 18.1. The maximum absolute atomic E-state index is 8.93. The molecule has 0 heterocycles. The molecule has 77 valence electrons. The van der Waals surface area contributed by atoms with E-state index < -0.39 is 19.8 Å². The van der Waals surface area contributed by atoms with Gasteiger partial charge in [-0.2, -0.15) is 0 Å². The molecule has 0 rings (SSSR count). The Morgan fingerprint density at radius 3 is 1.15 bits per heavy atom. The molecule has 11 heteroatoms. The number of aliphatic carboxylic acids is 2. The Hall–Kier alpha value is 0.0890. The van der Waals surface area contributed by atoms with E-state index in [1.165, 1.54) is 0 Å². The Morgan fingerprint density at radius 1 is 1.08 bits per heavy atom. The second-order valence-corrected chi connectivity index (χ2v) is 1.98. The van der Waals surface area contributed by atoms with E-state index in [1.807, 2.05) is 0 Å². The molecule has 0 aliphatic heterocycles. The summed E-state index contributed by atoms with van der Waals surface area (Å²) in [5.41, 5.74) is 0. The van der Waals surface area contributed by atoms with Crippen LogP contribution in [0.25, 0.3) is 0 Å². The molecule has 0 saturated heterocycles. The van der Waals surface area contributed by atoms with Crippen LogP contribution in [0.2, 0.25) is 0 Å². The first kappa shape index (κ1) is 23.2. The standard InChI is InChI=1S/C2H2O4.Fe.Mn.H3O4P/c3-1(4)2(5)6;;;1-5(2,3)4/h(H,3,4)(H,5,6);;;(H3,1,2,3,4)/q;2*+2;/p-4. The molecular formula is C2HFeMnO8P. The number of carboxylic acids is 2. The molecule has 0 bridgehead atoms. The zero-order chi connectivity index (χ0) is 9.65. The fourth-order valence-corrected chi connectivity index (χ4v) is 0. The summed E-state index contributed by atoms with van der Waals surface area (Å²) in [7, 11) is -5.14. The van der Waals surface area contributed by atoms with Crippen molar-refractivity contribution < 1.29 is 73.2 Å². The van der Waals surface area contributed by atoms with Crippen LogP contribution in [0.4, 0.5) is 0 Å². The van der Waals surface area contributed by atoms with Crippen molar-refractivity contribution in [3.05, 3.63) is 0 Å². The predicted molar refractivity (Wildman–Crippen MR) is 19.8 cm³/mol. The minimum atomic E-state index is -5.14. The summed E-state index contributed by atoms with van der Waals surface area (Å²) in [4.78, 5) is 42.1. The Bertz CT molecular complexity index is 178. The minimum absolute atomic E-state index is 0. The van der Waals surface area contributed by atoms with E-state index in [0.717, 1.165) is 0 Å². The molecule has 0 unspecified atom stereocenters. The third-order valence-corrected chi connectivity index (χ3v) is 0.167. The van der Waals surface area contributed by atoms with Crippen LogP contribution in [0.1, 0.15) is 0 Å². The molecule has 1 radical (unpaired) electrons. The molecule has 0 aromatic heterocycles. The van der Waals surface area contributed by atoms with Gasteiger partial charge in [0.2, 0.25) is 0 Å². The quantitative estimate of drug-likeness (QED) is 0.262. The molecule has 0 aromatic carbocycles. The summed E-state index contributed by atoms with van der Waals surface area (Å²) in [6.45, 7) is 0. The first-order chi connectivity index (χ1) is 4.64. The van der Waals surface area contributed by atoms with Crippen molar-refractivity contribution in [2.24, 2.45) is 0 Å². The summed E-state index contributed by atoms with van der Waals surface area (Å²) in [6.07, 6.45) is 0. The van der Waals surface area contributed by atoms with Gasteiger partial charge in [-0.1, -0.05) is 0 Å². The van der Waals surface area contributed by atoms with E-state index in [-0.39, 0.29) is 34.1 Å². The number of carboxylic acid groups (broad SMARTS) is 2. The summed E-state index contributed by atoms with van der Waals surface area (Å²) in [5, 5.41) is 17.9. The van der Waals surface area contributed by atoms with E-state index in [4.69, 9.17) is 39.0 Å². The molecule has 13 heavy (non-hydrogen) atoms. The average molecular weight is 295 g/mol. The van der Waals surface area contributed by atoms with Gasteiger partial charge in [-0.25, -0.2) is 0 Å². The third kappa shape index (κ3) is 73.6. The van der Waals surface area contributed by atoms with Gasteiger partial charge in [-0.15, -0.1) is 0 Å². The zero-order valence-electron chi connectivity index (χ0n) is 5.48. The fraction of sp³-hybridized carbons (Fsp3) is 0. The van der Waals surface area contributed by atoms with Crippen molar-refractivity contribution in [2.75, 3.05) is 0 Å². The van der Waals surface area contributed by atoms with Crippen LogP contribution >= 0.6 is 7.82 Å². The van der Waals surface area contributed by atoms with Gasteiger partial charge in [0, 0.05) is 0 Å². The predicted octanol–water partition coefficient (Wildman–Crippen LogP) is -5.71. The average Bonchev–Trinajstić information content (AvgIpc) is 1.59. The molecule has 0 fully saturated rings. The van der Waals surface area contributed by atoms with Crippen molar-refractivity contribution >= 4 is 19.8 Å². The largest absolute Gasteiger partial charge is 2.00 e. The van der Waals surface area contributed by atoms with Crippen LogP contribution in [0, 0.1) is 0 Å². The normalized spacial score (nSPS) is 7.92. The van der Waals surface area contributed by atoms with Gasteiger partial charge >= 0.3 is 34.1 Å². The maximum Gasteiger partial charge on any atom is 2.00 e. The second-order valence-electron chi connectivity index (χ2n) is 1.04. The molecule has 0 spiro atoms. The van der Waals surface area contributed by atoms with Crippen molar-refractivity contribution in [2.45, 2.75) is 0 Å². The van der Waals surface area contributed by atoms with Crippen molar-refractivity contribution in [3.63, 3.8) is 0 Å². The van der Waals surface area contributed by atoms with Crippen molar-refractivity contribution in [1.29, 1.82) is 0 Å². The topological polar surface area (TPSA) is 164 Å². The van der Waals surface area contributed by atoms with E-state index >= 15 is 0 Å². The number of hydrogen-bond acceptors (Lipinski definition) is 7. The second kappa shape index (κ2) is 10.2. The van der Waals surface area contributed by atoms with E-state index in [0.29, 0.717) is 0 Å². The van der Waals surface area contributed by atoms with E-state index in [1.54, 1.807) is 0 Å². The first-order valence-electron chi connectivity index (χ1n) is 1.81. The molecular weight excluding hydrogens is 294 g/mol. The number of phosphoric acid groups is 1. The number of hydrogen-bond donors (Lipinski definition) is 1. The molecule has 8 nitrogen and oxygen atoms in total. The zero-order valence-corrected chi connectivity index (χ0v) is 8.66. The van der Waals surface area contributed by atoms with Gasteiger partial charge in [-0.3, -0.25) is 0 Å². The van der Waals surface area contributed by atoms with E-state index in [9.17, 15) is 0 Å². The Morgan fingerprint density at radius 2 is 1.15 bits per heavy atom. The molecule has 0 aromatic rings. The summed E-state index contributed by atoms with van der Waals surface area (Å²) in [5.74, 6) is -4.37. The summed E-state index contributed by atoms with van der Waals surface area (Å²) >= 11 is 0. The van der Waals surface area contributed by atoms with E-state index in [2.05, 4.69) is 0 Å². The minimum Gasteiger partial charge on any atom is -0.790 e. The molecule has 0 atom stereocenters. The molecule has 0 amide bonds. The molecule has 0 saturated carbocycles. The molecule has 0 aliphatic carbocycles. The van der Waals surface area contributed by atoms with Gasteiger partial charge < -0.3 is 39.0 Å². The van der Waals surface area contributed by atoms with Gasteiger partial charge in [-0.05, 0) is 0 Å². The van der Waals surface area contributed by atoms with Crippen LogP contribution in [0.5, 0.6) is 0 Å². The smallest absolute Gasteiger partial charge is 0.790 e. The van der Waals surface area contributed by atoms with Crippen molar-refractivity contribution in [3.8, 4) is 0 Å². The molecule has 1 N–H and O–H groups in total. The summed E-state index contributed by atoms with van der Waals surface area (Å²) < 4.78 is 8.66. The van der Waals surface area contributed by atoms with Crippen LogP contribution in [-0.4, -0.2) is 16.8 Å². The Balaban J connectivity index is -0.0000000546. The summed E-state index contributed by atoms with van der Waals surface area (Å²) in [6, 6.07) is 0. The monoisotopic (exact) mass is 295 g/mol. The SMILES string of the molecule is O=C([O-])C(=O)[O-].O=P([O-])([O-])O.[Fe+2].[Mn+2]. The van der Waals surface area contributed by atoms with Crippen LogP contribution in [0.15, 0.2) is 0 Å². The van der Waals surface area contributed by atoms with Gasteiger partial charge in [0.1, 0.15) is 0 Å². The van der Waals surface area contributed by atoms with Crippen molar-refractivity contribution in [1.82, 2.24) is 0 Å². The van der Waals surface area contributed by atoms with Gasteiger partial charge in [0.25, 0.3) is 0 Å². The maximum atomic E-state index is 8.93. The first-order valence-corrected chi connectivity index (χ1v) is 3.31. The number of rotatable bonds is 0. The fourth-order valence-electron chi connectivity index (χ4n) is 0.